The van der Waals surface area contributed by atoms with Crippen LogP contribution in [0.15, 0.2) is 46.6 Å². The Bertz CT molecular complexity index is 728. The van der Waals surface area contributed by atoms with Crippen LogP contribution >= 0.6 is 0 Å². The quantitative estimate of drug-likeness (QED) is 0.762. The summed E-state index contributed by atoms with van der Waals surface area (Å²) < 4.78 is 5.61. The molecule has 94 valence electrons. The fraction of sp³-hybridized carbons (Fsp3) is 0.154. The van der Waals surface area contributed by atoms with Crippen molar-refractivity contribution in [2.75, 3.05) is 6.54 Å². The van der Waals surface area contributed by atoms with Crippen LogP contribution < -0.4 is 15.6 Å². The highest BCUT2D eigenvalue weighted by Crippen LogP contribution is 2.03. The number of benzene rings is 1. The van der Waals surface area contributed by atoms with Gasteiger partial charge in [-0.25, -0.2) is 4.98 Å². The molecule has 2 aromatic rings. The van der Waals surface area contributed by atoms with Crippen molar-refractivity contribution in [2.24, 2.45) is 9.98 Å². The Morgan fingerprint density at radius 1 is 1.16 bits per heavy atom. The average molecular weight is 254 g/mol. The van der Waals surface area contributed by atoms with Gasteiger partial charge in [-0.15, -0.1) is 0 Å². The van der Waals surface area contributed by atoms with Crippen molar-refractivity contribution < 1.29 is 9.53 Å². The molecule has 6 nitrogen and oxygen atoms in total. The number of amides is 1. The van der Waals surface area contributed by atoms with Crippen LogP contribution in [0.25, 0.3) is 0 Å². The van der Waals surface area contributed by atoms with Crippen molar-refractivity contribution in [3.8, 4) is 5.88 Å². The molecule has 3 rings (SSSR count). The van der Waals surface area contributed by atoms with E-state index in [1.165, 1.54) is 6.33 Å². The van der Waals surface area contributed by atoms with Crippen LogP contribution in [-0.2, 0) is 11.4 Å². The van der Waals surface area contributed by atoms with Crippen molar-refractivity contribution in [1.82, 2.24) is 9.97 Å². The van der Waals surface area contributed by atoms with Gasteiger partial charge in [-0.2, -0.15) is 9.98 Å². The van der Waals surface area contributed by atoms with E-state index in [1.807, 2.05) is 30.3 Å². The van der Waals surface area contributed by atoms with Gasteiger partial charge in [0.2, 0.25) is 5.88 Å². The first-order valence-electron chi connectivity index (χ1n) is 5.77. The minimum Gasteiger partial charge on any atom is -0.471 e. The van der Waals surface area contributed by atoms with Gasteiger partial charge < -0.3 is 4.74 Å². The van der Waals surface area contributed by atoms with Gasteiger partial charge >= 0.3 is 0 Å². The summed E-state index contributed by atoms with van der Waals surface area (Å²) in [7, 11) is 0. The van der Waals surface area contributed by atoms with Gasteiger partial charge in [-0.05, 0) is 5.56 Å². The third kappa shape index (κ3) is 2.47. The highest BCUT2D eigenvalue weighted by Gasteiger charge is 2.10. The third-order valence-corrected chi connectivity index (χ3v) is 2.59. The number of hydrogen-bond donors (Lipinski definition) is 0. The van der Waals surface area contributed by atoms with Crippen LogP contribution in [0.5, 0.6) is 5.88 Å². The normalized spacial score (nSPS) is 13.2. The Kier molecular flexibility index (Phi) is 2.97. The molecule has 1 amide bonds. The fourth-order valence-electron chi connectivity index (χ4n) is 1.71. The fourth-order valence-corrected chi connectivity index (χ4v) is 1.71. The number of hydrogen-bond acceptors (Lipinski definition) is 5. The standard InChI is InChI=1S/C13H10N4O2/c18-10-6-14-11-12(17-10)15-8-16-13(11)19-7-9-4-2-1-3-5-9/h1-5,8H,6-7H2. The molecule has 19 heavy (non-hydrogen) atoms. The molecule has 1 aliphatic rings. The average Bonchev–Trinajstić information content (AvgIpc) is 2.45. The monoisotopic (exact) mass is 254 g/mol. The van der Waals surface area contributed by atoms with Gasteiger partial charge in [0, 0.05) is 0 Å². The summed E-state index contributed by atoms with van der Waals surface area (Å²) in [5.74, 6) is 0.0466. The molecule has 6 heteroatoms. The lowest BCUT2D eigenvalue weighted by Crippen LogP contribution is -2.36. The first kappa shape index (κ1) is 11.5. The molecule has 0 radical (unpaired) electrons. The lowest BCUT2D eigenvalue weighted by atomic mass is 10.2. The Morgan fingerprint density at radius 2 is 2.00 bits per heavy atom. The highest BCUT2D eigenvalue weighted by molar-refractivity contribution is 5.79. The molecule has 0 atom stereocenters. The van der Waals surface area contributed by atoms with E-state index in [0.717, 1.165) is 5.56 Å². The van der Waals surface area contributed by atoms with Crippen LogP contribution in [0.3, 0.4) is 0 Å². The number of carbonyl (C=O) groups is 1. The van der Waals surface area contributed by atoms with Crippen LogP contribution in [0.1, 0.15) is 5.56 Å². The van der Waals surface area contributed by atoms with Gasteiger partial charge in [0.05, 0.1) is 0 Å². The van der Waals surface area contributed by atoms with Crippen molar-refractivity contribution in [1.29, 1.82) is 0 Å². The van der Waals surface area contributed by atoms with E-state index >= 15 is 0 Å². The van der Waals surface area contributed by atoms with E-state index < -0.39 is 0 Å². The summed E-state index contributed by atoms with van der Waals surface area (Å²) in [6.07, 6.45) is 1.32. The number of rotatable bonds is 3. The van der Waals surface area contributed by atoms with Crippen molar-refractivity contribution >= 4 is 5.91 Å². The van der Waals surface area contributed by atoms with Crippen molar-refractivity contribution in [3.05, 3.63) is 53.1 Å². The van der Waals surface area contributed by atoms with Crippen LogP contribution in [0, 0.1) is 0 Å². The molecular formula is C13H10N4O2. The Labute approximate surface area is 108 Å². The van der Waals surface area contributed by atoms with E-state index in [-0.39, 0.29) is 17.9 Å². The second kappa shape index (κ2) is 4.93. The number of carbonyl (C=O) groups excluding carboxylic acids is 1. The van der Waals surface area contributed by atoms with Crippen molar-refractivity contribution in [2.45, 2.75) is 6.61 Å². The second-order valence-corrected chi connectivity index (χ2v) is 3.95. The van der Waals surface area contributed by atoms with Gasteiger partial charge in [-0.1, -0.05) is 30.3 Å². The van der Waals surface area contributed by atoms with Gasteiger partial charge in [0.1, 0.15) is 19.5 Å². The predicted octanol–water partition coefficient (Wildman–Crippen LogP) is -0.165. The Morgan fingerprint density at radius 3 is 2.84 bits per heavy atom. The zero-order chi connectivity index (χ0) is 13.1. The highest BCUT2D eigenvalue weighted by atomic mass is 16.5. The zero-order valence-electron chi connectivity index (χ0n) is 9.98. The summed E-state index contributed by atoms with van der Waals surface area (Å²) in [5, 5.41) is 0.443. The molecule has 0 N–H and O–H groups in total. The molecule has 1 aliphatic heterocycles. The van der Waals surface area contributed by atoms with Gasteiger partial charge in [-0.3, -0.25) is 9.79 Å². The van der Waals surface area contributed by atoms with E-state index in [9.17, 15) is 4.79 Å². The van der Waals surface area contributed by atoms with Gasteiger partial charge in [0.25, 0.3) is 5.91 Å². The van der Waals surface area contributed by atoms with Crippen molar-refractivity contribution in [3.63, 3.8) is 0 Å². The molecule has 0 unspecified atom stereocenters. The molecule has 0 saturated heterocycles. The number of fused-ring (bicyclic) bond motifs is 1. The maximum atomic E-state index is 11.2. The van der Waals surface area contributed by atoms with Gasteiger partial charge in [0.15, 0.2) is 10.8 Å². The third-order valence-electron chi connectivity index (χ3n) is 2.59. The summed E-state index contributed by atoms with van der Waals surface area (Å²) in [5.41, 5.74) is 1.30. The lowest BCUT2D eigenvalue weighted by molar-refractivity contribution is -0.117. The van der Waals surface area contributed by atoms with E-state index in [4.69, 9.17) is 4.74 Å². The number of nitrogens with zero attached hydrogens (tertiary/aromatic N) is 4. The molecule has 0 bridgehead atoms. The lowest BCUT2D eigenvalue weighted by Gasteiger charge is -2.06. The van der Waals surface area contributed by atoms with E-state index in [2.05, 4.69) is 20.0 Å². The van der Waals surface area contributed by atoms with E-state index in [0.29, 0.717) is 17.8 Å². The molecule has 0 aliphatic carbocycles. The minimum atomic E-state index is -0.305. The first-order chi connectivity index (χ1) is 9.33. The molecule has 1 aromatic heterocycles. The summed E-state index contributed by atoms with van der Waals surface area (Å²) in [6, 6.07) is 9.73. The van der Waals surface area contributed by atoms with E-state index in [1.54, 1.807) is 0 Å². The van der Waals surface area contributed by atoms with Crippen LogP contribution in [-0.4, -0.2) is 22.4 Å². The number of aromatic nitrogens is 2. The second-order valence-electron chi connectivity index (χ2n) is 3.95. The summed E-state index contributed by atoms with van der Waals surface area (Å²) in [6.45, 7) is 0.399. The molecule has 2 heterocycles. The predicted molar refractivity (Wildman–Crippen MR) is 65.0 cm³/mol. The van der Waals surface area contributed by atoms with Crippen LogP contribution in [0.2, 0.25) is 0 Å². The molecule has 0 spiro atoms. The maximum absolute atomic E-state index is 11.2. The minimum absolute atomic E-state index is 0.0159. The molecule has 1 aromatic carbocycles. The Balaban J connectivity index is 1.89. The topological polar surface area (TPSA) is 76.8 Å². The summed E-state index contributed by atoms with van der Waals surface area (Å²) in [4.78, 5) is 27.0. The largest absolute Gasteiger partial charge is 0.471 e. The molecule has 0 fully saturated rings. The Hall–Kier alpha value is -2.63. The summed E-state index contributed by atoms with van der Waals surface area (Å²) >= 11 is 0. The molecule has 0 saturated carbocycles. The molecular weight excluding hydrogens is 244 g/mol. The SMILES string of the molecule is O=C1CN=c2c(OCc3ccccc3)ncnc2=N1. The van der Waals surface area contributed by atoms with Crippen LogP contribution in [0.4, 0.5) is 0 Å². The first-order valence-corrected chi connectivity index (χ1v) is 5.77. The smallest absolute Gasteiger partial charge is 0.269 e. The maximum Gasteiger partial charge on any atom is 0.269 e. The number of ether oxygens (including phenoxy) is 1. The zero-order valence-corrected chi connectivity index (χ0v) is 9.98.